The van der Waals surface area contributed by atoms with E-state index < -0.39 is 0 Å². The van der Waals surface area contributed by atoms with Gasteiger partial charge in [-0.05, 0) is 48.3 Å². The lowest BCUT2D eigenvalue weighted by Crippen LogP contribution is -1.88. The topological polar surface area (TPSA) is 26.3 Å². The summed E-state index contributed by atoms with van der Waals surface area (Å²) in [7, 11) is 1.65. The van der Waals surface area contributed by atoms with Gasteiger partial charge in [0.15, 0.2) is 0 Å². The molecule has 0 spiro atoms. The van der Waals surface area contributed by atoms with Crippen LogP contribution in [0.4, 0.5) is 0 Å². The molecule has 0 aromatic heterocycles. The van der Waals surface area contributed by atoms with Gasteiger partial charge in [0.05, 0.1) is 7.11 Å². The summed E-state index contributed by atoms with van der Waals surface area (Å²) in [6, 6.07) is 5.88. The minimum absolute atomic E-state index is 0.759. The average Bonchev–Trinajstić information content (AvgIpc) is 2.26. The molecule has 0 radical (unpaired) electrons. The van der Waals surface area contributed by atoms with E-state index in [1.807, 2.05) is 38.1 Å². The second-order valence-electron chi connectivity index (χ2n) is 3.42. The predicted molar refractivity (Wildman–Crippen MR) is 62.1 cm³/mol. The van der Waals surface area contributed by atoms with Crippen molar-refractivity contribution in [3.05, 3.63) is 34.9 Å². The molecule has 0 saturated carbocycles. The van der Waals surface area contributed by atoms with E-state index in [9.17, 15) is 4.79 Å². The van der Waals surface area contributed by atoms with Crippen LogP contribution in [0.3, 0.4) is 0 Å². The van der Waals surface area contributed by atoms with Gasteiger partial charge in [0, 0.05) is 0 Å². The first-order valence-corrected chi connectivity index (χ1v) is 5.01. The largest absolute Gasteiger partial charge is 0.496 e. The minimum atomic E-state index is 0.759. The molecule has 80 valence electrons. The van der Waals surface area contributed by atoms with Gasteiger partial charge in [-0.1, -0.05) is 13.0 Å². The van der Waals surface area contributed by atoms with Gasteiger partial charge in [0.1, 0.15) is 12.0 Å². The molecule has 2 nitrogen and oxygen atoms in total. The maximum atomic E-state index is 10.7. The van der Waals surface area contributed by atoms with E-state index in [0.29, 0.717) is 0 Å². The minimum Gasteiger partial charge on any atom is -0.496 e. The SMILES string of the molecule is CCC(C=O)=Cc1ccc(OC)c(C)c1. The second-order valence-corrected chi connectivity index (χ2v) is 3.42. The second kappa shape index (κ2) is 5.35. The van der Waals surface area contributed by atoms with E-state index in [1.165, 1.54) is 0 Å². The molecular weight excluding hydrogens is 188 g/mol. The molecule has 1 aromatic rings. The Hall–Kier alpha value is -1.57. The smallest absolute Gasteiger partial charge is 0.146 e. The standard InChI is InChI=1S/C13H16O2/c1-4-11(9-14)8-12-5-6-13(15-3)10(2)7-12/h5-9H,4H2,1-3H3. The monoisotopic (exact) mass is 204 g/mol. The summed E-state index contributed by atoms with van der Waals surface area (Å²) >= 11 is 0. The Morgan fingerprint density at radius 3 is 2.67 bits per heavy atom. The molecule has 0 fully saturated rings. The van der Waals surface area contributed by atoms with Crippen molar-refractivity contribution in [2.75, 3.05) is 7.11 Å². The fraction of sp³-hybridized carbons (Fsp3) is 0.308. The summed E-state index contributed by atoms with van der Waals surface area (Å²) in [4.78, 5) is 10.7. The Bertz CT molecular complexity index is 378. The zero-order chi connectivity index (χ0) is 11.3. The van der Waals surface area contributed by atoms with Crippen LogP contribution in [-0.2, 0) is 4.79 Å². The molecule has 0 saturated heterocycles. The number of hydrogen-bond donors (Lipinski definition) is 0. The third-order valence-corrected chi connectivity index (χ3v) is 2.33. The lowest BCUT2D eigenvalue weighted by atomic mass is 10.1. The van der Waals surface area contributed by atoms with Crippen molar-refractivity contribution in [2.24, 2.45) is 0 Å². The van der Waals surface area contributed by atoms with Crippen molar-refractivity contribution in [1.82, 2.24) is 0 Å². The number of methoxy groups -OCH3 is 1. The molecule has 2 heteroatoms. The first kappa shape index (κ1) is 11.5. The van der Waals surface area contributed by atoms with Crippen LogP contribution in [-0.4, -0.2) is 13.4 Å². The number of ether oxygens (including phenoxy) is 1. The number of benzene rings is 1. The van der Waals surface area contributed by atoms with Crippen LogP contribution in [0.5, 0.6) is 5.75 Å². The first-order chi connectivity index (χ1) is 7.21. The normalized spacial score (nSPS) is 11.3. The molecule has 0 atom stereocenters. The Morgan fingerprint density at radius 1 is 1.47 bits per heavy atom. The molecule has 0 aliphatic heterocycles. The van der Waals surface area contributed by atoms with Gasteiger partial charge in [-0.2, -0.15) is 0 Å². The zero-order valence-corrected chi connectivity index (χ0v) is 9.41. The summed E-state index contributed by atoms with van der Waals surface area (Å²) in [5.74, 6) is 0.872. The highest BCUT2D eigenvalue weighted by Crippen LogP contribution is 2.20. The van der Waals surface area contributed by atoms with Crippen molar-refractivity contribution in [3.63, 3.8) is 0 Å². The molecule has 0 amide bonds. The molecule has 1 aromatic carbocycles. The summed E-state index contributed by atoms with van der Waals surface area (Å²) < 4.78 is 5.17. The summed E-state index contributed by atoms with van der Waals surface area (Å²) in [5, 5.41) is 0. The maximum absolute atomic E-state index is 10.7. The molecule has 15 heavy (non-hydrogen) atoms. The van der Waals surface area contributed by atoms with Gasteiger partial charge in [-0.3, -0.25) is 4.79 Å². The van der Waals surface area contributed by atoms with Crippen molar-refractivity contribution in [2.45, 2.75) is 20.3 Å². The van der Waals surface area contributed by atoms with Crippen molar-refractivity contribution >= 4 is 12.4 Å². The summed E-state index contributed by atoms with van der Waals surface area (Å²) in [6.07, 6.45) is 3.56. The number of carbonyl (C=O) groups is 1. The predicted octanol–water partition coefficient (Wildman–Crippen LogP) is 3.00. The highest BCUT2D eigenvalue weighted by Gasteiger charge is 1.99. The quantitative estimate of drug-likeness (QED) is 0.556. The molecule has 0 heterocycles. The Morgan fingerprint density at radius 2 is 2.20 bits per heavy atom. The van der Waals surface area contributed by atoms with Crippen LogP contribution in [0, 0.1) is 6.92 Å². The molecule has 0 unspecified atom stereocenters. The number of aryl methyl sites for hydroxylation is 1. The van der Waals surface area contributed by atoms with Gasteiger partial charge < -0.3 is 4.74 Å². The molecule has 1 rings (SSSR count). The highest BCUT2D eigenvalue weighted by molar-refractivity contribution is 5.81. The van der Waals surface area contributed by atoms with Crippen molar-refractivity contribution in [1.29, 1.82) is 0 Å². The Labute approximate surface area is 90.6 Å². The molecule has 0 bridgehead atoms. The summed E-state index contributed by atoms with van der Waals surface area (Å²) in [6.45, 7) is 3.96. The Kier molecular flexibility index (Phi) is 4.10. The third kappa shape index (κ3) is 2.94. The van der Waals surface area contributed by atoms with Crippen molar-refractivity contribution in [3.8, 4) is 5.75 Å². The maximum Gasteiger partial charge on any atom is 0.146 e. The Balaban J connectivity index is 3.02. The van der Waals surface area contributed by atoms with E-state index in [-0.39, 0.29) is 0 Å². The lowest BCUT2D eigenvalue weighted by Gasteiger charge is -2.05. The van der Waals surface area contributed by atoms with Crippen molar-refractivity contribution < 1.29 is 9.53 Å². The van der Waals surface area contributed by atoms with Gasteiger partial charge in [-0.25, -0.2) is 0 Å². The average molecular weight is 204 g/mol. The lowest BCUT2D eigenvalue weighted by molar-refractivity contribution is -0.104. The number of hydrogen-bond acceptors (Lipinski definition) is 2. The molecular formula is C13H16O2. The van der Waals surface area contributed by atoms with E-state index in [1.54, 1.807) is 7.11 Å². The van der Waals surface area contributed by atoms with Gasteiger partial charge >= 0.3 is 0 Å². The van der Waals surface area contributed by atoms with E-state index in [4.69, 9.17) is 4.74 Å². The third-order valence-electron chi connectivity index (χ3n) is 2.33. The number of aldehydes is 1. The zero-order valence-electron chi connectivity index (χ0n) is 9.41. The highest BCUT2D eigenvalue weighted by atomic mass is 16.5. The molecule has 0 aliphatic carbocycles. The molecule has 0 aliphatic rings. The van der Waals surface area contributed by atoms with Crippen LogP contribution in [0.2, 0.25) is 0 Å². The van der Waals surface area contributed by atoms with Gasteiger partial charge in [-0.15, -0.1) is 0 Å². The van der Waals surface area contributed by atoms with Gasteiger partial charge in [0.2, 0.25) is 0 Å². The number of rotatable bonds is 4. The van der Waals surface area contributed by atoms with Gasteiger partial charge in [0.25, 0.3) is 0 Å². The van der Waals surface area contributed by atoms with E-state index in [0.717, 1.165) is 35.2 Å². The van der Waals surface area contributed by atoms with Crippen LogP contribution >= 0.6 is 0 Å². The van der Waals surface area contributed by atoms with E-state index >= 15 is 0 Å². The fourth-order valence-corrected chi connectivity index (χ4v) is 1.42. The van der Waals surface area contributed by atoms with Crippen LogP contribution < -0.4 is 4.74 Å². The number of carbonyl (C=O) groups excluding carboxylic acids is 1. The molecule has 0 N–H and O–H groups in total. The van der Waals surface area contributed by atoms with Crippen LogP contribution in [0.25, 0.3) is 6.08 Å². The van der Waals surface area contributed by atoms with Crippen LogP contribution in [0.1, 0.15) is 24.5 Å². The fourth-order valence-electron chi connectivity index (χ4n) is 1.42. The van der Waals surface area contributed by atoms with E-state index in [2.05, 4.69) is 0 Å². The van der Waals surface area contributed by atoms with Crippen LogP contribution in [0.15, 0.2) is 23.8 Å². The summed E-state index contributed by atoms with van der Waals surface area (Å²) in [5.41, 5.74) is 2.92. The number of allylic oxidation sites excluding steroid dienone is 1. The first-order valence-electron chi connectivity index (χ1n) is 5.01.